The Labute approximate surface area is 213 Å². The number of fused-ring (bicyclic) bond motifs is 1. The third kappa shape index (κ3) is 4.47. The highest BCUT2D eigenvalue weighted by Crippen LogP contribution is 2.31. The molecule has 2 aromatic carbocycles. The number of nitrogens with zero attached hydrogens (tertiary/aromatic N) is 2. The van der Waals surface area contributed by atoms with Crippen molar-refractivity contribution in [2.24, 2.45) is 4.99 Å². The van der Waals surface area contributed by atoms with Gasteiger partial charge in [0.05, 0.1) is 28.5 Å². The average Bonchev–Trinajstić information content (AvgIpc) is 3.44. The van der Waals surface area contributed by atoms with Crippen LogP contribution in [0.1, 0.15) is 31.2 Å². The van der Waals surface area contributed by atoms with Gasteiger partial charge in [0.2, 0.25) is 0 Å². The van der Waals surface area contributed by atoms with Crippen molar-refractivity contribution in [3.05, 3.63) is 113 Å². The smallest absolute Gasteiger partial charge is 0.338 e. The van der Waals surface area contributed by atoms with E-state index < -0.39 is 12.0 Å². The fourth-order valence-corrected chi connectivity index (χ4v) is 5.36. The molecule has 0 saturated heterocycles. The third-order valence-electron chi connectivity index (χ3n) is 5.66. The Morgan fingerprint density at radius 3 is 2.60 bits per heavy atom. The number of esters is 1. The van der Waals surface area contributed by atoms with Crippen LogP contribution in [0.2, 0.25) is 0 Å². The van der Waals surface area contributed by atoms with Crippen LogP contribution < -0.4 is 14.9 Å². The van der Waals surface area contributed by atoms with Gasteiger partial charge in [0.1, 0.15) is 11.5 Å². The molecule has 1 aliphatic rings. The zero-order valence-corrected chi connectivity index (χ0v) is 21.4. The summed E-state index contributed by atoms with van der Waals surface area (Å²) < 4.78 is 14.3. The molecule has 176 valence electrons. The largest absolute Gasteiger partial charge is 0.463 e. The highest BCUT2D eigenvalue weighted by Gasteiger charge is 2.33. The van der Waals surface area contributed by atoms with Crippen LogP contribution in [0.3, 0.4) is 0 Å². The molecule has 0 bridgehead atoms. The second-order valence-electron chi connectivity index (χ2n) is 7.92. The topological polar surface area (TPSA) is 73.8 Å². The molecule has 1 aliphatic heterocycles. The van der Waals surface area contributed by atoms with Gasteiger partial charge in [-0.25, -0.2) is 9.79 Å². The van der Waals surface area contributed by atoms with E-state index in [1.807, 2.05) is 66.7 Å². The fraction of sp³-hybridized carbons (Fsp3) is 0.148. The first-order chi connectivity index (χ1) is 17.0. The maximum Gasteiger partial charge on any atom is 0.338 e. The number of aromatic nitrogens is 1. The molecule has 1 unspecified atom stereocenters. The minimum absolute atomic E-state index is 0.231. The first kappa shape index (κ1) is 23.3. The number of hydrogen-bond donors (Lipinski definition) is 0. The zero-order chi connectivity index (χ0) is 24.5. The van der Waals surface area contributed by atoms with Gasteiger partial charge in [-0.1, -0.05) is 69.7 Å². The van der Waals surface area contributed by atoms with Crippen molar-refractivity contribution in [3.8, 4) is 11.3 Å². The van der Waals surface area contributed by atoms with Crippen LogP contribution in [-0.2, 0) is 9.53 Å². The molecular formula is C27H21BrN2O4S. The number of carbonyl (C=O) groups is 1. The molecule has 2 aromatic heterocycles. The minimum atomic E-state index is -0.642. The fourth-order valence-electron chi connectivity index (χ4n) is 4.07. The van der Waals surface area contributed by atoms with E-state index in [1.54, 1.807) is 24.5 Å². The molecule has 3 heterocycles. The van der Waals surface area contributed by atoms with Gasteiger partial charge >= 0.3 is 5.97 Å². The summed E-state index contributed by atoms with van der Waals surface area (Å²) >= 11 is 4.72. The number of thiazole rings is 1. The lowest BCUT2D eigenvalue weighted by atomic mass is 9.96. The van der Waals surface area contributed by atoms with Gasteiger partial charge in [-0.05, 0) is 43.7 Å². The van der Waals surface area contributed by atoms with Crippen LogP contribution in [0.4, 0.5) is 0 Å². The number of halogens is 1. The summed E-state index contributed by atoms with van der Waals surface area (Å²) in [5.74, 6) is 0.808. The molecule has 1 atom stereocenters. The van der Waals surface area contributed by atoms with Crippen LogP contribution >= 0.6 is 27.3 Å². The van der Waals surface area contributed by atoms with E-state index in [-0.39, 0.29) is 12.2 Å². The van der Waals surface area contributed by atoms with E-state index in [0.29, 0.717) is 26.4 Å². The van der Waals surface area contributed by atoms with Crippen molar-refractivity contribution < 1.29 is 13.9 Å². The Morgan fingerprint density at radius 1 is 1.14 bits per heavy atom. The predicted octanol–water partition coefficient (Wildman–Crippen LogP) is 4.82. The van der Waals surface area contributed by atoms with E-state index in [2.05, 4.69) is 20.9 Å². The number of benzene rings is 2. The Hall–Kier alpha value is -3.49. The SMILES string of the molecule is CCOC(=O)C1=C(C)N=c2s/c(=C\c3ccc(-c4ccccc4)o3)c(=O)n2C1c1ccc(Br)cc1. The van der Waals surface area contributed by atoms with E-state index in [4.69, 9.17) is 9.15 Å². The Balaban J connectivity index is 1.65. The molecule has 8 heteroatoms. The molecule has 0 amide bonds. The van der Waals surface area contributed by atoms with Gasteiger partial charge in [0.25, 0.3) is 5.56 Å². The van der Waals surface area contributed by atoms with Crippen LogP contribution in [0.5, 0.6) is 0 Å². The summed E-state index contributed by atoms with van der Waals surface area (Å²) in [4.78, 5) is 31.7. The summed E-state index contributed by atoms with van der Waals surface area (Å²) in [6, 6.07) is 20.4. The standard InChI is InChI=1S/C27H21BrN2O4S/c1-3-33-26(32)23-16(2)29-27-30(24(23)18-9-11-19(28)12-10-18)25(31)22(35-27)15-20-13-14-21(34-20)17-7-5-4-6-8-17/h4-15,24H,3H2,1-2H3/b22-15-. The van der Waals surface area contributed by atoms with Crippen molar-refractivity contribution in [3.63, 3.8) is 0 Å². The maximum atomic E-state index is 13.6. The van der Waals surface area contributed by atoms with Crippen LogP contribution in [-0.4, -0.2) is 17.1 Å². The number of rotatable bonds is 5. The molecule has 5 rings (SSSR count). The zero-order valence-electron chi connectivity index (χ0n) is 19.0. The summed E-state index contributed by atoms with van der Waals surface area (Å²) in [6.07, 6.45) is 1.72. The molecule has 6 nitrogen and oxygen atoms in total. The number of furan rings is 1. The van der Waals surface area contributed by atoms with Gasteiger partial charge in [-0.15, -0.1) is 0 Å². The average molecular weight is 549 g/mol. The lowest BCUT2D eigenvalue weighted by Crippen LogP contribution is -2.39. The number of carbonyl (C=O) groups excluding carboxylic acids is 1. The van der Waals surface area contributed by atoms with Gasteiger partial charge < -0.3 is 9.15 Å². The predicted molar refractivity (Wildman–Crippen MR) is 139 cm³/mol. The van der Waals surface area contributed by atoms with Crippen molar-refractivity contribution in [2.45, 2.75) is 19.9 Å². The van der Waals surface area contributed by atoms with E-state index in [1.165, 1.54) is 11.3 Å². The van der Waals surface area contributed by atoms with Gasteiger partial charge in [-0.3, -0.25) is 9.36 Å². The van der Waals surface area contributed by atoms with Crippen molar-refractivity contribution >= 4 is 39.3 Å². The monoisotopic (exact) mass is 548 g/mol. The molecule has 0 spiro atoms. The number of hydrogen-bond acceptors (Lipinski definition) is 6. The van der Waals surface area contributed by atoms with Crippen molar-refractivity contribution in [1.82, 2.24) is 4.57 Å². The van der Waals surface area contributed by atoms with Crippen molar-refractivity contribution in [1.29, 1.82) is 0 Å². The van der Waals surface area contributed by atoms with Crippen LogP contribution in [0.25, 0.3) is 17.4 Å². The normalized spacial score (nSPS) is 15.6. The van der Waals surface area contributed by atoms with Gasteiger partial charge in [-0.2, -0.15) is 0 Å². The number of allylic oxidation sites excluding steroid dienone is 1. The molecule has 0 saturated carbocycles. The van der Waals surface area contributed by atoms with Crippen LogP contribution in [0.15, 0.2) is 96.7 Å². The molecular weight excluding hydrogens is 528 g/mol. The summed E-state index contributed by atoms with van der Waals surface area (Å²) in [5.41, 5.74) is 2.40. The third-order valence-corrected chi connectivity index (χ3v) is 7.17. The van der Waals surface area contributed by atoms with E-state index in [9.17, 15) is 9.59 Å². The van der Waals surface area contributed by atoms with E-state index in [0.717, 1.165) is 21.4 Å². The Bertz CT molecular complexity index is 1610. The second-order valence-corrected chi connectivity index (χ2v) is 9.85. The Kier molecular flexibility index (Phi) is 6.40. The lowest BCUT2D eigenvalue weighted by molar-refractivity contribution is -0.139. The molecule has 35 heavy (non-hydrogen) atoms. The molecule has 0 radical (unpaired) electrons. The Morgan fingerprint density at radius 2 is 1.89 bits per heavy atom. The molecule has 0 fully saturated rings. The van der Waals surface area contributed by atoms with Gasteiger partial charge in [0, 0.05) is 16.1 Å². The molecule has 0 aliphatic carbocycles. The molecule has 4 aromatic rings. The maximum absolute atomic E-state index is 13.6. The first-order valence-electron chi connectivity index (χ1n) is 11.1. The summed E-state index contributed by atoms with van der Waals surface area (Å²) in [5, 5.41) is 0. The van der Waals surface area contributed by atoms with E-state index >= 15 is 0 Å². The van der Waals surface area contributed by atoms with Crippen molar-refractivity contribution in [2.75, 3.05) is 6.61 Å². The molecule has 0 N–H and O–H groups in total. The first-order valence-corrected chi connectivity index (χ1v) is 12.7. The summed E-state index contributed by atoms with van der Waals surface area (Å²) in [6.45, 7) is 3.76. The number of ether oxygens (including phenoxy) is 1. The van der Waals surface area contributed by atoms with Gasteiger partial charge in [0.15, 0.2) is 4.80 Å². The highest BCUT2D eigenvalue weighted by atomic mass is 79.9. The summed E-state index contributed by atoms with van der Waals surface area (Å²) in [7, 11) is 0. The lowest BCUT2D eigenvalue weighted by Gasteiger charge is -2.24. The quantitative estimate of drug-likeness (QED) is 0.335. The highest BCUT2D eigenvalue weighted by molar-refractivity contribution is 9.10. The second kappa shape index (κ2) is 9.64. The minimum Gasteiger partial charge on any atom is -0.463 e. The van der Waals surface area contributed by atoms with Crippen LogP contribution in [0, 0.1) is 0 Å².